The summed E-state index contributed by atoms with van der Waals surface area (Å²) in [4.78, 5) is 30.7. The molecule has 12 aliphatic heterocycles. The maximum atomic E-state index is 5.21. The van der Waals surface area contributed by atoms with E-state index in [1.54, 1.807) is 5.56 Å². The maximum Gasteiger partial charge on any atom is 0.0594 e. The third-order valence-electron chi connectivity index (χ3n) is 32.7. The number of hydrogen-bond donors (Lipinski definition) is 3. The Morgan fingerprint density at radius 2 is 0.765 bits per heavy atom. The highest BCUT2D eigenvalue weighted by molar-refractivity contribution is 5.29. The van der Waals surface area contributed by atoms with Crippen molar-refractivity contribution in [1.82, 2.24) is 74.7 Å². The molecule has 0 aromatic heterocycles. The molecule has 0 spiro atoms. The van der Waals surface area contributed by atoms with Gasteiger partial charge in [-0.3, -0.25) is 34.3 Å². The first kappa shape index (κ1) is 131. The number of hydrogen-bond acceptors (Lipinski definition) is 16. The molecule has 7 atom stereocenters. The smallest absolute Gasteiger partial charge is 0.0594 e. The van der Waals surface area contributed by atoms with Gasteiger partial charge in [0.1, 0.15) is 0 Å². The molecule has 7 unspecified atom stereocenters. The fourth-order valence-electron chi connectivity index (χ4n) is 25.4. The topological polar surface area (TPSA) is 84.2 Å². The van der Waals surface area contributed by atoms with E-state index in [-0.39, 0.29) is 18.5 Å². The van der Waals surface area contributed by atoms with Crippen LogP contribution in [0.3, 0.4) is 0 Å². The van der Waals surface area contributed by atoms with Gasteiger partial charge in [-0.15, -0.1) is 0 Å². The molecule has 14 aliphatic rings. The molecule has 2 bridgehead atoms. The number of piperazine rings is 2. The standard InChI is InChI=1S/C12H17N.C12H25N.C11H24N2.C10H19N.C10H21N.3C9H19N.2C8H17N.C7H16N2.C7H15NO.C7H15N.CH4/c1-10(2)13-8-7-11-5-3-4-6-12(11)9-13;1-10(2)13-11(3,4)8-7-9-12(13,5)6;1-9(2)13-10(3,4)7-12-8-11(13,5)6;1-7(2)11-10-6-8-3-4-9(10)5-8;1-10(2)11-8-6-4-3-5-7-9-11;1-7(2)10-8(3)5-6-9(10)4;1-9(2)10-7-5-3-4-6-8-10;1-4-9-6-5-7-10(9)8(2)3;1-7(2)8-4-5-9(3)6-8;1-8(2)9-6-4-3-5-7-9;1-7(2)9-5-3-8-4-6-9;1-7(2)8-3-5-9-6-4-8;1-7(2)8-5-3-4-6-8;/h3-6,10H,7-9H2,1-2H3;10H,7-9H2,1-6H3;9,12H,7-8H2,1-6H3;7-11H,3-6H2,1-2H3;10H,3-9H2,1-2H3;7-9H,5-6H2,1-4H3;9H,3-8H2,1-2H3;8-9H,4-7H2,1-3H3;7-8H,4-6H2,1-3H3;8H,3-7H2,1-2H3;7-8H,3-6H2,1-2H3;7H,3-6H2,1-2H3;7H,3-6H2,1-2H3;1H4. The Balaban J connectivity index is 0.000000499. The van der Waals surface area contributed by atoms with Gasteiger partial charge in [-0.2, -0.15) is 0 Å². The highest BCUT2D eigenvalue weighted by atomic mass is 16.5. The van der Waals surface area contributed by atoms with Crippen LogP contribution in [0.2, 0.25) is 0 Å². The molecular weight excluding hydrogens is 1670 g/mol. The van der Waals surface area contributed by atoms with Crippen molar-refractivity contribution in [2.24, 2.45) is 23.7 Å². The quantitative estimate of drug-likeness (QED) is 0.156. The first-order valence-electron chi connectivity index (χ1n) is 58.3. The molecule has 3 N–H and O–H groups in total. The third-order valence-corrected chi connectivity index (χ3v) is 32.7. The van der Waals surface area contributed by atoms with E-state index >= 15 is 0 Å². The first-order chi connectivity index (χ1) is 63.5. The lowest BCUT2D eigenvalue weighted by Crippen LogP contribution is -2.69. The summed E-state index contributed by atoms with van der Waals surface area (Å²) in [6.45, 7) is 113. The van der Waals surface area contributed by atoms with Crippen LogP contribution >= 0.6 is 0 Å². The molecule has 136 heavy (non-hydrogen) atoms. The minimum atomic E-state index is 0. The molecule has 12 heterocycles. The molecule has 1 aromatic rings. The van der Waals surface area contributed by atoms with Gasteiger partial charge in [0.2, 0.25) is 0 Å². The van der Waals surface area contributed by atoms with Gasteiger partial charge in [0.15, 0.2) is 0 Å². The van der Waals surface area contributed by atoms with E-state index in [4.69, 9.17) is 4.74 Å². The summed E-state index contributed by atoms with van der Waals surface area (Å²) in [6, 6.07) is 20.8. The van der Waals surface area contributed by atoms with Crippen molar-refractivity contribution in [1.29, 1.82) is 0 Å². The van der Waals surface area contributed by atoms with E-state index < -0.39 is 0 Å². The Morgan fingerprint density at radius 3 is 1.07 bits per heavy atom. The normalized spacial score (nSPS) is 26.6. The number of fused-ring (bicyclic) bond motifs is 3. The van der Waals surface area contributed by atoms with Crippen molar-refractivity contribution in [3.63, 3.8) is 0 Å². The Kier molecular flexibility index (Phi) is 66.9. The molecule has 16 heteroatoms. The van der Waals surface area contributed by atoms with E-state index in [1.165, 1.54) is 277 Å². The number of ether oxygens (including phenoxy) is 1. The van der Waals surface area contributed by atoms with E-state index in [2.05, 4.69) is 362 Å². The van der Waals surface area contributed by atoms with Gasteiger partial charge in [-0.25, -0.2) is 0 Å². The molecule has 2 aliphatic carbocycles. The molecule has 15 rings (SSSR count). The van der Waals surface area contributed by atoms with Gasteiger partial charge >= 0.3 is 0 Å². The summed E-state index contributed by atoms with van der Waals surface area (Å²) in [7, 11) is 2.21. The van der Waals surface area contributed by atoms with Crippen LogP contribution in [0.1, 0.15) is 448 Å². The third kappa shape index (κ3) is 51.3. The Labute approximate surface area is 853 Å². The summed E-state index contributed by atoms with van der Waals surface area (Å²) in [5.74, 6) is 3.96. The number of benzene rings is 1. The minimum absolute atomic E-state index is 0. The number of likely N-dealkylation sites (tertiary alicyclic amines) is 8. The summed E-state index contributed by atoms with van der Waals surface area (Å²) in [6.07, 6.45) is 39.6. The average molecular weight is 1920 g/mol. The van der Waals surface area contributed by atoms with Crippen LogP contribution in [0.25, 0.3) is 0 Å². The molecule has 0 radical (unpaired) electrons. The number of rotatable bonds is 15. The summed E-state index contributed by atoms with van der Waals surface area (Å²) in [5.41, 5.74) is 4.37. The fourth-order valence-corrected chi connectivity index (χ4v) is 25.4. The Morgan fingerprint density at radius 1 is 0.375 bits per heavy atom. The highest BCUT2D eigenvalue weighted by Crippen LogP contribution is 2.45. The second-order valence-corrected chi connectivity index (χ2v) is 50.3. The predicted molar refractivity (Wildman–Crippen MR) is 606 cm³/mol. The lowest BCUT2D eigenvalue weighted by molar-refractivity contribution is -0.0508. The molecule has 1 aromatic carbocycles. The molecule has 16 nitrogen and oxygen atoms in total. The van der Waals surface area contributed by atoms with Crippen LogP contribution in [0.5, 0.6) is 0 Å². The summed E-state index contributed by atoms with van der Waals surface area (Å²) >= 11 is 0. The van der Waals surface area contributed by atoms with Crippen molar-refractivity contribution in [3.8, 4) is 0 Å². The lowest BCUT2D eigenvalue weighted by atomic mass is 9.79. The molecular formula is C120H247N15O. The molecule has 11 saturated heterocycles. The fraction of sp³-hybridized carbons (Fsp3) is 0.950. The van der Waals surface area contributed by atoms with Crippen LogP contribution in [0.4, 0.5) is 0 Å². The first-order valence-corrected chi connectivity index (χ1v) is 58.3. The predicted octanol–water partition coefficient (Wildman–Crippen LogP) is 26.0. The lowest BCUT2D eigenvalue weighted by Gasteiger charge is -2.55. The van der Waals surface area contributed by atoms with Crippen molar-refractivity contribution in [3.05, 3.63) is 35.4 Å². The average Bonchev–Trinajstić information content (AvgIpc) is 1.20. The number of morpholine rings is 1. The van der Waals surface area contributed by atoms with E-state index in [0.29, 0.717) is 41.3 Å². The molecule has 13 fully saturated rings. The Hall–Kier alpha value is -1.42. The monoisotopic (exact) mass is 1910 g/mol. The minimum Gasteiger partial charge on any atom is -0.379 e. The molecule has 2 saturated carbocycles. The second-order valence-electron chi connectivity index (χ2n) is 50.3. The van der Waals surface area contributed by atoms with Crippen LogP contribution in [-0.4, -0.2) is 329 Å². The van der Waals surface area contributed by atoms with Gasteiger partial charge in [0, 0.05) is 191 Å². The van der Waals surface area contributed by atoms with Gasteiger partial charge < -0.3 is 45.2 Å². The van der Waals surface area contributed by atoms with Crippen molar-refractivity contribution < 1.29 is 4.74 Å². The van der Waals surface area contributed by atoms with Gasteiger partial charge in [-0.1, -0.05) is 111 Å². The molecule has 808 valence electrons. The van der Waals surface area contributed by atoms with Gasteiger partial charge in [0.25, 0.3) is 0 Å². The van der Waals surface area contributed by atoms with Crippen molar-refractivity contribution in [2.75, 3.05) is 151 Å². The number of nitrogens with zero attached hydrogens (tertiary/aromatic N) is 12. The second kappa shape index (κ2) is 69.7. The summed E-state index contributed by atoms with van der Waals surface area (Å²) < 4.78 is 5.21. The zero-order chi connectivity index (χ0) is 101. The Bertz CT molecular complexity index is 2830. The van der Waals surface area contributed by atoms with Crippen LogP contribution in [-0.2, 0) is 17.7 Å². The van der Waals surface area contributed by atoms with Crippen molar-refractivity contribution in [2.45, 2.75) is 569 Å². The van der Waals surface area contributed by atoms with Gasteiger partial charge in [0.05, 0.1) is 13.2 Å². The largest absolute Gasteiger partial charge is 0.379 e. The number of nitrogens with one attached hydrogen (secondary N) is 3. The van der Waals surface area contributed by atoms with Crippen LogP contribution in [0.15, 0.2) is 24.3 Å². The maximum absolute atomic E-state index is 5.21. The highest BCUT2D eigenvalue weighted by Gasteiger charge is 2.45. The van der Waals surface area contributed by atoms with Crippen molar-refractivity contribution >= 4 is 0 Å². The van der Waals surface area contributed by atoms with Crippen LogP contribution in [0, 0.1) is 23.7 Å². The summed E-state index contributed by atoms with van der Waals surface area (Å²) in [5, 5.41) is 10.5. The molecule has 0 amide bonds. The van der Waals surface area contributed by atoms with E-state index in [9.17, 15) is 0 Å². The zero-order valence-electron chi connectivity index (χ0n) is 98.2. The number of piperidine rings is 2. The zero-order valence-corrected chi connectivity index (χ0v) is 98.2. The van der Waals surface area contributed by atoms with Crippen LogP contribution < -0.4 is 16.0 Å². The SMILES string of the molecule is C.CC(C)C1CCN(C)C1.CC(C)N1C(C)(C)CCCC1(C)C.CC(C)N1C(C)(C)CNCC1(C)C.CC(C)N1C(C)CCC1C.CC(C)N1CCCC1.CC(C)N1CCCCC1.CC(C)N1CCCCCC1.CC(C)N1CCCCCCC1.CC(C)N1CCNCC1.CC(C)N1CCOCC1.CC(C)N1CCc2ccccc2C1.CC(C)NC1CC2CCC1C2.CCC1CCCN1C(C)C. The van der Waals surface area contributed by atoms with Gasteiger partial charge in [-0.05, 0) is 464 Å². The van der Waals surface area contributed by atoms with E-state index in [1.807, 2.05) is 0 Å². The van der Waals surface area contributed by atoms with E-state index in [0.717, 1.165) is 149 Å².